The summed E-state index contributed by atoms with van der Waals surface area (Å²) in [5, 5.41) is 6.60. The van der Waals surface area contributed by atoms with Crippen molar-refractivity contribution < 1.29 is 4.52 Å². The highest BCUT2D eigenvalue weighted by molar-refractivity contribution is 7.98. The van der Waals surface area contributed by atoms with E-state index in [0.29, 0.717) is 32.8 Å². The first kappa shape index (κ1) is 19.7. The van der Waals surface area contributed by atoms with Gasteiger partial charge in [-0.3, -0.25) is 9.36 Å². The summed E-state index contributed by atoms with van der Waals surface area (Å²) in [4.78, 5) is 22.5. The third-order valence-electron chi connectivity index (χ3n) is 4.92. The monoisotopic (exact) mass is 446 g/mol. The maximum Gasteiger partial charge on any atom is 0.276 e. The molecule has 0 saturated carbocycles. The molecule has 5 aromatic rings. The van der Waals surface area contributed by atoms with Gasteiger partial charge in [0.05, 0.1) is 17.0 Å². The standard InChI is InChI=1S/C23H18N4O2S2/c1-14-7-9-16(10-8-14)27-22(28)20-18(11-12-30-20)24-23(27)31-13-19-25-21(26-29-19)17-6-4-3-5-15(17)2/h3-12H,13H2,1-2H3. The molecule has 0 atom stereocenters. The van der Waals surface area contributed by atoms with Gasteiger partial charge in [0.15, 0.2) is 5.16 Å². The molecule has 0 bridgehead atoms. The quantitative estimate of drug-likeness (QED) is 0.266. The maximum absolute atomic E-state index is 13.2. The molecule has 3 heterocycles. The minimum absolute atomic E-state index is 0.0718. The summed E-state index contributed by atoms with van der Waals surface area (Å²) in [7, 11) is 0. The van der Waals surface area contributed by atoms with E-state index >= 15 is 0 Å². The van der Waals surface area contributed by atoms with Crippen LogP contribution >= 0.6 is 23.1 Å². The molecule has 154 valence electrons. The number of aromatic nitrogens is 4. The van der Waals surface area contributed by atoms with Crippen molar-refractivity contribution in [2.24, 2.45) is 0 Å². The highest BCUT2D eigenvalue weighted by Crippen LogP contribution is 2.27. The molecule has 31 heavy (non-hydrogen) atoms. The lowest BCUT2D eigenvalue weighted by Gasteiger charge is -2.11. The number of thioether (sulfide) groups is 1. The molecule has 0 unspecified atom stereocenters. The summed E-state index contributed by atoms with van der Waals surface area (Å²) in [6.07, 6.45) is 0. The van der Waals surface area contributed by atoms with Crippen LogP contribution in [0.1, 0.15) is 17.0 Å². The zero-order valence-corrected chi connectivity index (χ0v) is 18.5. The van der Waals surface area contributed by atoms with E-state index in [2.05, 4.69) is 10.1 Å². The minimum atomic E-state index is -0.0718. The zero-order valence-electron chi connectivity index (χ0n) is 16.9. The Kier molecular flexibility index (Phi) is 5.17. The van der Waals surface area contributed by atoms with E-state index in [0.717, 1.165) is 22.4 Å². The highest BCUT2D eigenvalue weighted by atomic mass is 32.2. The van der Waals surface area contributed by atoms with Crippen LogP contribution in [0.25, 0.3) is 27.3 Å². The average molecular weight is 447 g/mol. The van der Waals surface area contributed by atoms with Crippen LogP contribution < -0.4 is 5.56 Å². The van der Waals surface area contributed by atoms with Crippen LogP contribution in [-0.4, -0.2) is 19.7 Å². The van der Waals surface area contributed by atoms with Gasteiger partial charge in [-0.2, -0.15) is 4.98 Å². The number of aryl methyl sites for hydroxylation is 2. The Morgan fingerprint density at radius 1 is 1.03 bits per heavy atom. The fourth-order valence-electron chi connectivity index (χ4n) is 3.28. The first-order valence-corrected chi connectivity index (χ1v) is 11.6. The summed E-state index contributed by atoms with van der Waals surface area (Å²) in [5.74, 6) is 1.46. The molecule has 0 aliphatic carbocycles. The lowest BCUT2D eigenvalue weighted by molar-refractivity contribution is 0.391. The lowest BCUT2D eigenvalue weighted by Crippen LogP contribution is -2.20. The SMILES string of the molecule is Cc1ccc(-n2c(SCc3nc(-c4ccccc4C)no3)nc3ccsc3c2=O)cc1. The Labute approximate surface area is 186 Å². The van der Waals surface area contributed by atoms with Gasteiger partial charge in [-0.25, -0.2) is 4.98 Å². The smallest absolute Gasteiger partial charge is 0.276 e. The third kappa shape index (κ3) is 3.80. The summed E-state index contributed by atoms with van der Waals surface area (Å²) >= 11 is 2.81. The van der Waals surface area contributed by atoms with E-state index in [-0.39, 0.29) is 5.56 Å². The summed E-state index contributed by atoms with van der Waals surface area (Å²) in [6.45, 7) is 4.03. The Morgan fingerprint density at radius 2 is 1.84 bits per heavy atom. The molecule has 0 aliphatic heterocycles. The van der Waals surface area contributed by atoms with Crippen molar-refractivity contribution in [2.45, 2.75) is 24.8 Å². The number of benzene rings is 2. The number of hydrogen-bond acceptors (Lipinski definition) is 7. The van der Waals surface area contributed by atoms with Crippen molar-refractivity contribution in [2.75, 3.05) is 0 Å². The van der Waals surface area contributed by atoms with E-state index in [1.165, 1.54) is 23.1 Å². The van der Waals surface area contributed by atoms with Gasteiger partial charge < -0.3 is 4.52 Å². The minimum Gasteiger partial charge on any atom is -0.338 e. The van der Waals surface area contributed by atoms with Gasteiger partial charge in [0.25, 0.3) is 5.56 Å². The molecule has 8 heteroatoms. The molecule has 0 saturated heterocycles. The van der Waals surface area contributed by atoms with Crippen molar-refractivity contribution >= 4 is 33.3 Å². The van der Waals surface area contributed by atoms with E-state index < -0.39 is 0 Å². The van der Waals surface area contributed by atoms with Gasteiger partial charge in [-0.1, -0.05) is 58.9 Å². The summed E-state index contributed by atoms with van der Waals surface area (Å²) < 4.78 is 7.76. The number of rotatable bonds is 5. The van der Waals surface area contributed by atoms with Crippen LogP contribution in [0, 0.1) is 13.8 Å². The number of nitrogens with zero attached hydrogens (tertiary/aromatic N) is 4. The molecule has 0 fully saturated rings. The normalized spacial score (nSPS) is 11.3. The predicted octanol–water partition coefficient (Wildman–Crippen LogP) is 5.41. The van der Waals surface area contributed by atoms with Crippen LogP contribution in [-0.2, 0) is 5.75 Å². The Morgan fingerprint density at radius 3 is 2.65 bits per heavy atom. The molecule has 0 radical (unpaired) electrons. The molecule has 0 amide bonds. The van der Waals surface area contributed by atoms with E-state index in [9.17, 15) is 4.79 Å². The second kappa shape index (κ2) is 8.13. The fraction of sp³-hybridized carbons (Fsp3) is 0.130. The molecular formula is C23H18N4O2S2. The van der Waals surface area contributed by atoms with Gasteiger partial charge >= 0.3 is 0 Å². The number of hydrogen-bond donors (Lipinski definition) is 0. The van der Waals surface area contributed by atoms with Gasteiger partial charge in [-0.15, -0.1) is 11.3 Å². The Balaban J connectivity index is 1.50. The fourth-order valence-corrected chi connectivity index (χ4v) is 4.89. The molecular weight excluding hydrogens is 428 g/mol. The van der Waals surface area contributed by atoms with Gasteiger partial charge in [0.1, 0.15) is 4.70 Å². The van der Waals surface area contributed by atoms with E-state index in [4.69, 9.17) is 9.51 Å². The van der Waals surface area contributed by atoms with Crippen LogP contribution in [0.2, 0.25) is 0 Å². The number of thiophene rings is 1. The van der Waals surface area contributed by atoms with Crippen molar-refractivity contribution in [3.8, 4) is 17.1 Å². The van der Waals surface area contributed by atoms with Crippen molar-refractivity contribution in [3.63, 3.8) is 0 Å². The Hall–Kier alpha value is -3.23. The topological polar surface area (TPSA) is 73.8 Å². The van der Waals surface area contributed by atoms with Crippen molar-refractivity contribution in [1.82, 2.24) is 19.7 Å². The molecule has 0 N–H and O–H groups in total. The second-order valence-corrected chi connectivity index (χ2v) is 8.98. The Bertz CT molecular complexity index is 1430. The molecule has 0 spiro atoms. The molecule has 6 nitrogen and oxygen atoms in total. The first-order chi connectivity index (χ1) is 15.1. The summed E-state index contributed by atoms with van der Waals surface area (Å²) in [5.41, 5.74) is 4.57. The van der Waals surface area contributed by atoms with Gasteiger partial charge in [0, 0.05) is 5.56 Å². The van der Waals surface area contributed by atoms with Crippen LogP contribution in [0.5, 0.6) is 0 Å². The largest absolute Gasteiger partial charge is 0.338 e. The molecule has 2 aromatic carbocycles. The van der Waals surface area contributed by atoms with Crippen molar-refractivity contribution in [3.05, 3.63) is 87.3 Å². The van der Waals surface area contributed by atoms with Gasteiger partial charge in [-0.05, 0) is 43.0 Å². The average Bonchev–Trinajstić information content (AvgIpc) is 3.43. The van der Waals surface area contributed by atoms with Crippen LogP contribution in [0.15, 0.2) is 74.5 Å². The predicted molar refractivity (Wildman–Crippen MR) is 124 cm³/mol. The molecule has 0 aliphatic rings. The number of fused-ring (bicyclic) bond motifs is 1. The zero-order chi connectivity index (χ0) is 21.4. The highest BCUT2D eigenvalue weighted by Gasteiger charge is 2.17. The first-order valence-electron chi connectivity index (χ1n) is 9.69. The van der Waals surface area contributed by atoms with E-state index in [1.54, 1.807) is 4.57 Å². The third-order valence-corrected chi connectivity index (χ3v) is 6.74. The maximum atomic E-state index is 13.2. The van der Waals surface area contributed by atoms with E-state index in [1.807, 2.05) is 73.8 Å². The second-order valence-electron chi connectivity index (χ2n) is 7.12. The van der Waals surface area contributed by atoms with Crippen LogP contribution in [0.3, 0.4) is 0 Å². The van der Waals surface area contributed by atoms with Gasteiger partial charge in [0.2, 0.25) is 11.7 Å². The summed E-state index contributed by atoms with van der Waals surface area (Å²) in [6, 6.07) is 17.6. The van der Waals surface area contributed by atoms with Crippen LogP contribution in [0.4, 0.5) is 0 Å². The van der Waals surface area contributed by atoms with Crippen molar-refractivity contribution in [1.29, 1.82) is 0 Å². The molecule has 3 aromatic heterocycles. The lowest BCUT2D eigenvalue weighted by atomic mass is 10.1. The molecule has 5 rings (SSSR count).